The number of rotatable bonds is 4. The molecule has 1 aromatic rings. The van der Waals surface area contributed by atoms with Crippen LogP contribution in [0.25, 0.3) is 0 Å². The first-order valence-corrected chi connectivity index (χ1v) is 8.83. The fourth-order valence-corrected chi connectivity index (χ4v) is 4.31. The quantitative estimate of drug-likeness (QED) is 0.777. The van der Waals surface area contributed by atoms with Gasteiger partial charge in [0.2, 0.25) is 10.0 Å². The number of methoxy groups -OCH3 is 1. The van der Waals surface area contributed by atoms with Gasteiger partial charge in [-0.05, 0) is 44.5 Å². The summed E-state index contributed by atoms with van der Waals surface area (Å²) in [5, 5.41) is 3.26. The zero-order valence-corrected chi connectivity index (χ0v) is 15.2. The van der Waals surface area contributed by atoms with Crippen molar-refractivity contribution in [2.24, 2.45) is 0 Å². The maximum absolute atomic E-state index is 12.4. The number of carbonyl (C=O) groups excluding carboxylic acids is 1. The van der Waals surface area contributed by atoms with E-state index < -0.39 is 16.0 Å². The van der Waals surface area contributed by atoms with Crippen LogP contribution < -0.4 is 10.0 Å². The van der Waals surface area contributed by atoms with Crippen LogP contribution in [0.4, 0.5) is 0 Å². The number of ether oxygens (including phenoxy) is 1. The van der Waals surface area contributed by atoms with Crippen LogP contribution in [-0.2, 0) is 14.8 Å². The first kappa shape index (κ1) is 20.2. The SMILES string of the molecule is COC(=O)c1ccc(S(=O)(=O)NC2CCNC(C)C2)c(Cl)c1.Cl. The van der Waals surface area contributed by atoms with E-state index in [1.165, 1.54) is 25.3 Å². The van der Waals surface area contributed by atoms with Gasteiger partial charge in [-0.25, -0.2) is 17.9 Å². The van der Waals surface area contributed by atoms with Gasteiger partial charge in [0.05, 0.1) is 17.7 Å². The lowest BCUT2D eigenvalue weighted by atomic mass is 10.0. The molecule has 1 aromatic carbocycles. The van der Waals surface area contributed by atoms with Crippen LogP contribution in [-0.4, -0.2) is 40.1 Å². The Hall–Kier alpha value is -0.860. The molecule has 6 nitrogen and oxygen atoms in total. The van der Waals surface area contributed by atoms with E-state index in [0.29, 0.717) is 0 Å². The van der Waals surface area contributed by atoms with Gasteiger partial charge in [-0.1, -0.05) is 11.6 Å². The van der Waals surface area contributed by atoms with Crippen molar-refractivity contribution in [2.75, 3.05) is 13.7 Å². The zero-order chi connectivity index (χ0) is 16.3. The van der Waals surface area contributed by atoms with Crippen molar-refractivity contribution in [3.8, 4) is 0 Å². The molecule has 2 rings (SSSR count). The molecule has 0 radical (unpaired) electrons. The molecule has 0 aromatic heterocycles. The lowest BCUT2D eigenvalue weighted by molar-refractivity contribution is 0.0600. The average molecular weight is 383 g/mol. The Balaban J connectivity index is 0.00000264. The summed E-state index contributed by atoms with van der Waals surface area (Å²) < 4.78 is 32.2. The second-order valence-corrected chi connectivity index (χ2v) is 7.42. The van der Waals surface area contributed by atoms with Gasteiger partial charge in [0.25, 0.3) is 0 Å². The second kappa shape index (κ2) is 8.30. The van der Waals surface area contributed by atoms with E-state index in [4.69, 9.17) is 11.6 Å². The van der Waals surface area contributed by atoms with Crippen LogP contribution in [0.1, 0.15) is 30.1 Å². The highest BCUT2D eigenvalue weighted by Crippen LogP contribution is 2.24. The van der Waals surface area contributed by atoms with E-state index in [1.807, 2.05) is 6.92 Å². The predicted molar refractivity (Wildman–Crippen MR) is 90.8 cm³/mol. The molecule has 1 saturated heterocycles. The highest BCUT2D eigenvalue weighted by molar-refractivity contribution is 7.89. The van der Waals surface area contributed by atoms with Crippen LogP contribution in [0.3, 0.4) is 0 Å². The molecule has 1 fully saturated rings. The van der Waals surface area contributed by atoms with Gasteiger partial charge < -0.3 is 10.1 Å². The third-order valence-electron chi connectivity index (χ3n) is 3.59. The van der Waals surface area contributed by atoms with Crippen LogP contribution in [0.5, 0.6) is 0 Å². The highest BCUT2D eigenvalue weighted by Gasteiger charge is 2.26. The summed E-state index contributed by atoms with van der Waals surface area (Å²) >= 11 is 6.02. The summed E-state index contributed by atoms with van der Waals surface area (Å²) in [6.45, 7) is 2.78. The van der Waals surface area contributed by atoms with E-state index in [9.17, 15) is 13.2 Å². The van der Waals surface area contributed by atoms with E-state index >= 15 is 0 Å². The van der Waals surface area contributed by atoms with E-state index in [1.54, 1.807) is 0 Å². The lowest BCUT2D eigenvalue weighted by Crippen LogP contribution is -2.46. The molecule has 0 aliphatic carbocycles. The Labute approximate surface area is 147 Å². The van der Waals surface area contributed by atoms with Crippen LogP contribution in [0.2, 0.25) is 5.02 Å². The van der Waals surface area contributed by atoms with Crippen LogP contribution in [0, 0.1) is 0 Å². The number of hydrogen-bond donors (Lipinski definition) is 2. The third-order valence-corrected chi connectivity index (χ3v) is 5.59. The molecular formula is C14H20Cl2N2O4S. The van der Waals surface area contributed by atoms with Crippen molar-refractivity contribution in [3.63, 3.8) is 0 Å². The average Bonchev–Trinajstić information content (AvgIpc) is 2.45. The van der Waals surface area contributed by atoms with Gasteiger partial charge in [0.1, 0.15) is 4.90 Å². The molecule has 9 heteroatoms. The van der Waals surface area contributed by atoms with Gasteiger partial charge in [-0.3, -0.25) is 0 Å². The summed E-state index contributed by atoms with van der Waals surface area (Å²) in [5.74, 6) is -0.564. The zero-order valence-electron chi connectivity index (χ0n) is 12.8. The maximum Gasteiger partial charge on any atom is 0.337 e. The third kappa shape index (κ3) is 5.06. The summed E-state index contributed by atoms with van der Waals surface area (Å²) in [4.78, 5) is 11.4. The molecular weight excluding hydrogens is 363 g/mol. The molecule has 1 aliphatic rings. The number of hydrogen-bond acceptors (Lipinski definition) is 5. The van der Waals surface area contributed by atoms with Crippen molar-refractivity contribution in [3.05, 3.63) is 28.8 Å². The molecule has 0 spiro atoms. The number of piperidine rings is 1. The van der Waals surface area contributed by atoms with Crippen molar-refractivity contribution >= 4 is 40.0 Å². The number of esters is 1. The highest BCUT2D eigenvalue weighted by atomic mass is 35.5. The maximum atomic E-state index is 12.4. The minimum atomic E-state index is -3.73. The van der Waals surface area contributed by atoms with Crippen molar-refractivity contribution in [1.29, 1.82) is 0 Å². The van der Waals surface area contributed by atoms with E-state index in [0.717, 1.165) is 19.4 Å². The van der Waals surface area contributed by atoms with E-state index in [2.05, 4.69) is 14.8 Å². The fraction of sp³-hybridized carbons (Fsp3) is 0.500. The molecule has 2 unspecified atom stereocenters. The number of sulfonamides is 1. The number of halogens is 2. The van der Waals surface area contributed by atoms with E-state index in [-0.39, 0.29) is 40.0 Å². The molecule has 2 atom stereocenters. The van der Waals surface area contributed by atoms with Crippen LogP contribution >= 0.6 is 24.0 Å². The number of benzene rings is 1. The molecule has 1 heterocycles. The number of nitrogens with one attached hydrogen (secondary N) is 2. The Kier molecular flexibility index (Phi) is 7.29. The number of carbonyl (C=O) groups is 1. The van der Waals surface area contributed by atoms with Crippen molar-refractivity contribution in [2.45, 2.75) is 36.7 Å². The molecule has 0 bridgehead atoms. The molecule has 2 N–H and O–H groups in total. The first-order valence-electron chi connectivity index (χ1n) is 6.97. The molecule has 23 heavy (non-hydrogen) atoms. The smallest absolute Gasteiger partial charge is 0.337 e. The fourth-order valence-electron chi connectivity index (χ4n) is 2.49. The summed E-state index contributed by atoms with van der Waals surface area (Å²) in [6.07, 6.45) is 1.44. The standard InChI is InChI=1S/C14H19ClN2O4S.ClH/c1-9-7-11(5-6-16-9)17-22(19,20)13-4-3-10(8-12(13)15)14(18)21-2;/h3-4,8-9,11,16-17H,5-7H2,1-2H3;1H. The Morgan fingerprint density at radius 1 is 1.43 bits per heavy atom. The summed E-state index contributed by atoms with van der Waals surface area (Å²) in [5.41, 5.74) is 0.210. The Bertz CT molecular complexity index is 667. The van der Waals surface area contributed by atoms with Crippen LogP contribution in [0.15, 0.2) is 23.1 Å². The van der Waals surface area contributed by atoms with Gasteiger partial charge in [0.15, 0.2) is 0 Å². The largest absolute Gasteiger partial charge is 0.465 e. The molecule has 0 saturated carbocycles. The monoisotopic (exact) mass is 382 g/mol. The molecule has 1 aliphatic heterocycles. The van der Waals surface area contributed by atoms with Gasteiger partial charge in [0, 0.05) is 12.1 Å². The van der Waals surface area contributed by atoms with Crippen molar-refractivity contribution in [1.82, 2.24) is 10.0 Å². The Morgan fingerprint density at radius 2 is 2.13 bits per heavy atom. The van der Waals surface area contributed by atoms with Gasteiger partial charge in [-0.2, -0.15) is 0 Å². The normalized spacial score (nSPS) is 21.3. The lowest BCUT2D eigenvalue weighted by Gasteiger charge is -2.28. The van der Waals surface area contributed by atoms with Crippen molar-refractivity contribution < 1.29 is 17.9 Å². The van der Waals surface area contributed by atoms with Gasteiger partial charge >= 0.3 is 5.97 Å². The Morgan fingerprint density at radius 3 is 2.70 bits per heavy atom. The topological polar surface area (TPSA) is 84.5 Å². The minimum Gasteiger partial charge on any atom is -0.465 e. The predicted octanol–water partition coefficient (Wildman–Crippen LogP) is 1.97. The minimum absolute atomic E-state index is 0. The van der Waals surface area contributed by atoms with Gasteiger partial charge in [-0.15, -0.1) is 12.4 Å². The second-order valence-electron chi connectivity index (χ2n) is 5.33. The summed E-state index contributed by atoms with van der Waals surface area (Å²) in [6, 6.07) is 4.14. The molecule has 0 amide bonds. The first-order chi connectivity index (χ1) is 10.3. The molecule has 130 valence electrons. The summed E-state index contributed by atoms with van der Waals surface area (Å²) in [7, 11) is -2.47.